The van der Waals surface area contributed by atoms with Crippen LogP contribution < -0.4 is 5.32 Å². The van der Waals surface area contributed by atoms with Crippen LogP contribution in [0.25, 0.3) is 0 Å². The number of aryl methyl sites for hydroxylation is 1. The number of nitrogens with one attached hydrogen (secondary N) is 1. The molecule has 1 N–H and O–H groups in total. The van der Waals surface area contributed by atoms with Crippen LogP contribution in [0.15, 0.2) is 30.6 Å². The number of imidazole rings is 1. The Balaban J connectivity index is 2.32. The molecule has 0 aliphatic heterocycles. The van der Waals surface area contributed by atoms with Crippen LogP contribution in [0.2, 0.25) is 0 Å². The van der Waals surface area contributed by atoms with Crippen molar-refractivity contribution in [2.75, 3.05) is 7.05 Å². The number of hydrogen-bond acceptors (Lipinski definition) is 2. The Morgan fingerprint density at radius 3 is 2.90 bits per heavy atom. The third-order valence-corrected chi connectivity index (χ3v) is 3.62. The zero-order valence-electron chi connectivity index (χ0n) is 12.4. The van der Waals surface area contributed by atoms with Crippen molar-refractivity contribution in [3.63, 3.8) is 0 Å². The summed E-state index contributed by atoms with van der Waals surface area (Å²) in [5.41, 5.74) is 2.12. The molecule has 0 bridgehead atoms. The van der Waals surface area contributed by atoms with E-state index in [4.69, 9.17) is 0 Å². The molecule has 2 rings (SSSR count). The normalized spacial score (nSPS) is 12.6. The van der Waals surface area contributed by atoms with Crippen LogP contribution >= 0.6 is 0 Å². The average Bonchev–Trinajstić information content (AvgIpc) is 2.86. The molecule has 0 amide bonds. The molecule has 0 aliphatic carbocycles. The molecule has 1 aromatic heterocycles. The van der Waals surface area contributed by atoms with Crippen LogP contribution in [0, 0.1) is 5.82 Å². The van der Waals surface area contributed by atoms with Crippen LogP contribution in [0.3, 0.4) is 0 Å². The fourth-order valence-electron chi connectivity index (χ4n) is 2.43. The average molecular weight is 275 g/mol. The monoisotopic (exact) mass is 275 g/mol. The van der Waals surface area contributed by atoms with Gasteiger partial charge in [-0.2, -0.15) is 0 Å². The molecule has 2 aromatic rings. The lowest BCUT2D eigenvalue weighted by molar-refractivity contribution is 0.608. The van der Waals surface area contributed by atoms with Crippen LogP contribution in [0.1, 0.15) is 43.3 Å². The fraction of sp³-hybridized carbons (Fsp3) is 0.438. The summed E-state index contributed by atoms with van der Waals surface area (Å²) >= 11 is 0. The summed E-state index contributed by atoms with van der Waals surface area (Å²) in [4.78, 5) is 4.41. The summed E-state index contributed by atoms with van der Waals surface area (Å²) in [5.74, 6) is 0.794. The first-order valence-electron chi connectivity index (χ1n) is 7.11. The van der Waals surface area contributed by atoms with Crippen LogP contribution in [-0.2, 0) is 13.0 Å². The minimum Gasteiger partial charge on any atom is -0.335 e. The van der Waals surface area contributed by atoms with Crippen molar-refractivity contribution in [2.24, 2.45) is 0 Å². The molecule has 0 fully saturated rings. The Kier molecular flexibility index (Phi) is 4.90. The predicted molar refractivity (Wildman–Crippen MR) is 79.2 cm³/mol. The largest absolute Gasteiger partial charge is 0.335 e. The number of halogens is 1. The number of rotatable bonds is 6. The first kappa shape index (κ1) is 14.7. The first-order chi connectivity index (χ1) is 9.65. The van der Waals surface area contributed by atoms with Crippen molar-refractivity contribution in [1.29, 1.82) is 0 Å². The van der Waals surface area contributed by atoms with Gasteiger partial charge in [-0.05, 0) is 43.7 Å². The third-order valence-electron chi connectivity index (χ3n) is 3.62. The van der Waals surface area contributed by atoms with Crippen molar-refractivity contribution in [1.82, 2.24) is 14.9 Å². The number of hydrogen-bond donors (Lipinski definition) is 1. The molecule has 3 nitrogen and oxygen atoms in total. The van der Waals surface area contributed by atoms with E-state index in [-0.39, 0.29) is 11.9 Å². The Morgan fingerprint density at radius 2 is 2.20 bits per heavy atom. The smallest absolute Gasteiger partial charge is 0.123 e. The summed E-state index contributed by atoms with van der Waals surface area (Å²) in [6.45, 7) is 5.16. The summed E-state index contributed by atoms with van der Waals surface area (Å²) in [6, 6.07) is 5.19. The molecule has 4 heteroatoms. The van der Waals surface area contributed by atoms with Gasteiger partial charge in [0.1, 0.15) is 11.6 Å². The highest BCUT2D eigenvalue weighted by Crippen LogP contribution is 2.21. The van der Waals surface area contributed by atoms with E-state index in [1.165, 1.54) is 6.07 Å². The van der Waals surface area contributed by atoms with Crippen LogP contribution in [-0.4, -0.2) is 16.6 Å². The molecule has 1 aromatic carbocycles. The number of nitrogens with zero attached hydrogens (tertiary/aromatic N) is 2. The van der Waals surface area contributed by atoms with E-state index in [1.807, 2.05) is 25.5 Å². The maximum Gasteiger partial charge on any atom is 0.123 e. The van der Waals surface area contributed by atoms with Gasteiger partial charge < -0.3 is 9.88 Å². The van der Waals surface area contributed by atoms with Gasteiger partial charge in [-0.1, -0.05) is 13.0 Å². The van der Waals surface area contributed by atoms with Crippen LogP contribution in [0.5, 0.6) is 0 Å². The zero-order chi connectivity index (χ0) is 14.5. The van der Waals surface area contributed by atoms with Gasteiger partial charge in [0.15, 0.2) is 0 Å². The molecule has 0 radical (unpaired) electrons. The van der Waals surface area contributed by atoms with E-state index < -0.39 is 0 Å². The summed E-state index contributed by atoms with van der Waals surface area (Å²) < 4.78 is 15.7. The molecule has 0 saturated heterocycles. The van der Waals surface area contributed by atoms with Gasteiger partial charge in [0.25, 0.3) is 0 Å². The highest BCUT2D eigenvalue weighted by atomic mass is 19.1. The molecule has 0 aliphatic rings. The van der Waals surface area contributed by atoms with E-state index >= 15 is 0 Å². The van der Waals surface area contributed by atoms with E-state index in [0.717, 1.165) is 29.9 Å². The molecule has 0 saturated carbocycles. The lowest BCUT2D eigenvalue weighted by Gasteiger charge is -2.16. The highest BCUT2D eigenvalue weighted by molar-refractivity contribution is 5.32. The van der Waals surface area contributed by atoms with Crippen molar-refractivity contribution in [3.8, 4) is 0 Å². The van der Waals surface area contributed by atoms with Gasteiger partial charge in [-0.15, -0.1) is 0 Å². The van der Waals surface area contributed by atoms with Gasteiger partial charge in [0.2, 0.25) is 0 Å². The lowest BCUT2D eigenvalue weighted by Crippen LogP contribution is -2.15. The SMILES string of the molecule is CCCn1ccnc1Cc1cc(F)ccc1C(C)NC. The molecule has 0 spiro atoms. The van der Waals surface area contributed by atoms with Gasteiger partial charge >= 0.3 is 0 Å². The lowest BCUT2D eigenvalue weighted by atomic mass is 9.98. The second-order valence-corrected chi connectivity index (χ2v) is 5.07. The third kappa shape index (κ3) is 3.25. The second kappa shape index (κ2) is 6.66. The maximum atomic E-state index is 13.5. The molecular formula is C16H22FN3. The van der Waals surface area contributed by atoms with Gasteiger partial charge in [-0.25, -0.2) is 9.37 Å². The number of aromatic nitrogens is 2. The zero-order valence-corrected chi connectivity index (χ0v) is 12.4. The van der Waals surface area contributed by atoms with Crippen molar-refractivity contribution in [2.45, 2.75) is 39.3 Å². The Morgan fingerprint density at radius 1 is 1.40 bits per heavy atom. The van der Waals surface area contributed by atoms with Crippen molar-refractivity contribution >= 4 is 0 Å². The summed E-state index contributed by atoms with van der Waals surface area (Å²) in [5, 5.41) is 3.21. The molecule has 108 valence electrons. The molecule has 1 heterocycles. The minimum absolute atomic E-state index is 0.194. The topological polar surface area (TPSA) is 29.9 Å². The quantitative estimate of drug-likeness (QED) is 0.876. The number of benzene rings is 1. The highest BCUT2D eigenvalue weighted by Gasteiger charge is 2.12. The van der Waals surface area contributed by atoms with Gasteiger partial charge in [0.05, 0.1) is 0 Å². The molecule has 1 atom stereocenters. The Bertz CT molecular complexity index is 563. The van der Waals surface area contributed by atoms with Gasteiger partial charge in [-0.3, -0.25) is 0 Å². The molecule has 1 unspecified atom stereocenters. The van der Waals surface area contributed by atoms with Crippen molar-refractivity contribution in [3.05, 3.63) is 53.4 Å². The van der Waals surface area contributed by atoms with E-state index in [1.54, 1.807) is 6.07 Å². The second-order valence-electron chi connectivity index (χ2n) is 5.07. The first-order valence-corrected chi connectivity index (χ1v) is 7.11. The van der Waals surface area contributed by atoms with E-state index in [0.29, 0.717) is 6.42 Å². The summed E-state index contributed by atoms with van der Waals surface area (Å²) in [6.07, 6.45) is 5.52. The van der Waals surface area contributed by atoms with Crippen molar-refractivity contribution < 1.29 is 4.39 Å². The fourth-order valence-corrected chi connectivity index (χ4v) is 2.43. The Hall–Kier alpha value is -1.68. The van der Waals surface area contributed by atoms with E-state index in [9.17, 15) is 4.39 Å². The predicted octanol–water partition coefficient (Wildman–Crippen LogP) is 3.30. The molecular weight excluding hydrogens is 253 g/mol. The van der Waals surface area contributed by atoms with Crippen LogP contribution in [0.4, 0.5) is 4.39 Å². The maximum absolute atomic E-state index is 13.5. The Labute approximate surface area is 119 Å². The van der Waals surface area contributed by atoms with Gasteiger partial charge in [0, 0.05) is 31.4 Å². The molecule has 20 heavy (non-hydrogen) atoms. The summed E-state index contributed by atoms with van der Waals surface area (Å²) in [7, 11) is 1.91. The minimum atomic E-state index is -0.194. The standard InChI is InChI=1S/C16H22FN3/c1-4-8-20-9-7-19-16(20)11-13-10-14(17)5-6-15(13)12(2)18-3/h5-7,9-10,12,18H,4,8,11H2,1-3H3. The van der Waals surface area contributed by atoms with E-state index in [2.05, 4.69) is 28.7 Å².